The number of ether oxygens (including phenoxy) is 1. The number of fused-ring (bicyclic) bond motifs is 1. The number of aliphatic imine (C=N–C) groups is 1. The maximum Gasteiger partial charge on any atom is 0.248 e. The molecule has 25 heavy (non-hydrogen) atoms. The monoisotopic (exact) mass is 352 g/mol. The molecule has 0 spiro atoms. The van der Waals surface area contributed by atoms with Gasteiger partial charge < -0.3 is 4.74 Å². The Morgan fingerprint density at radius 3 is 2.60 bits per heavy atom. The summed E-state index contributed by atoms with van der Waals surface area (Å²) in [7, 11) is 0. The number of nitrogens with zero attached hydrogens (tertiary/aromatic N) is 4. The zero-order valence-electron chi connectivity index (χ0n) is 13.8. The first-order chi connectivity index (χ1) is 12.2. The van der Waals surface area contributed by atoms with Crippen LogP contribution in [-0.4, -0.2) is 27.1 Å². The second kappa shape index (κ2) is 6.69. The number of rotatable bonds is 4. The Hall–Kier alpha value is -2.66. The summed E-state index contributed by atoms with van der Waals surface area (Å²) >= 11 is 6.00. The van der Waals surface area contributed by atoms with Gasteiger partial charge >= 0.3 is 0 Å². The smallest absolute Gasteiger partial charge is 0.248 e. The first kappa shape index (κ1) is 15.8. The van der Waals surface area contributed by atoms with Crippen LogP contribution in [0.15, 0.2) is 59.9 Å². The van der Waals surface area contributed by atoms with E-state index in [1.54, 1.807) is 6.33 Å². The van der Waals surface area contributed by atoms with Crippen LogP contribution in [0.4, 0.5) is 5.95 Å². The van der Waals surface area contributed by atoms with Crippen molar-refractivity contribution in [3.63, 3.8) is 0 Å². The predicted octanol–water partition coefficient (Wildman–Crippen LogP) is 4.44. The minimum absolute atomic E-state index is 0.0522. The maximum absolute atomic E-state index is 6.00. The van der Waals surface area contributed by atoms with Crippen molar-refractivity contribution in [2.24, 2.45) is 4.99 Å². The van der Waals surface area contributed by atoms with E-state index in [-0.39, 0.29) is 6.04 Å². The summed E-state index contributed by atoms with van der Waals surface area (Å²) in [4.78, 5) is 8.95. The van der Waals surface area contributed by atoms with Gasteiger partial charge in [0.05, 0.1) is 18.4 Å². The third kappa shape index (κ3) is 3.15. The van der Waals surface area contributed by atoms with Gasteiger partial charge in [-0.05, 0) is 42.3 Å². The van der Waals surface area contributed by atoms with Gasteiger partial charge in [0.25, 0.3) is 0 Å². The summed E-state index contributed by atoms with van der Waals surface area (Å²) in [6, 6.07) is 15.9. The van der Waals surface area contributed by atoms with Crippen molar-refractivity contribution in [2.45, 2.75) is 19.4 Å². The SMILES string of the molecule is CCOc1ccc(C2CC(c3ccc(Cl)cc3)=Nc3ncnn32)cc1. The lowest BCUT2D eigenvalue weighted by Gasteiger charge is -2.24. The molecule has 0 bridgehead atoms. The molecule has 0 amide bonds. The standard InChI is InChI=1S/C19H17ClN4O/c1-2-25-16-9-5-14(6-10-16)18-11-17(13-3-7-15(20)8-4-13)23-19-21-12-22-24(18)19/h3-10,12,18H,2,11H2,1H3. The third-order valence-electron chi connectivity index (χ3n) is 4.22. The topological polar surface area (TPSA) is 52.3 Å². The molecular weight excluding hydrogens is 336 g/mol. The van der Waals surface area contributed by atoms with E-state index in [1.807, 2.05) is 48.0 Å². The summed E-state index contributed by atoms with van der Waals surface area (Å²) in [5.41, 5.74) is 3.18. The van der Waals surface area contributed by atoms with Crippen molar-refractivity contribution in [3.05, 3.63) is 71.0 Å². The van der Waals surface area contributed by atoms with Crippen molar-refractivity contribution in [1.29, 1.82) is 0 Å². The molecule has 1 aliphatic rings. The molecule has 0 fully saturated rings. The van der Waals surface area contributed by atoms with Gasteiger partial charge in [-0.25, -0.2) is 9.67 Å². The zero-order chi connectivity index (χ0) is 17.2. The fourth-order valence-corrected chi connectivity index (χ4v) is 3.14. The highest BCUT2D eigenvalue weighted by molar-refractivity contribution is 6.30. The van der Waals surface area contributed by atoms with E-state index in [0.29, 0.717) is 17.6 Å². The average Bonchev–Trinajstić information content (AvgIpc) is 3.11. The lowest BCUT2D eigenvalue weighted by molar-refractivity contribution is 0.340. The normalized spacial score (nSPS) is 16.2. The molecule has 1 atom stereocenters. The van der Waals surface area contributed by atoms with E-state index in [2.05, 4.69) is 27.2 Å². The second-order valence-corrected chi connectivity index (χ2v) is 6.23. The lowest BCUT2D eigenvalue weighted by atomic mass is 9.96. The van der Waals surface area contributed by atoms with Crippen molar-refractivity contribution in [1.82, 2.24) is 14.8 Å². The number of halogens is 1. The molecule has 1 aromatic heterocycles. The van der Waals surface area contributed by atoms with Crippen LogP contribution in [0, 0.1) is 0 Å². The highest BCUT2D eigenvalue weighted by atomic mass is 35.5. The third-order valence-corrected chi connectivity index (χ3v) is 4.48. The molecule has 2 heterocycles. The van der Waals surface area contributed by atoms with Crippen LogP contribution in [0.5, 0.6) is 5.75 Å². The van der Waals surface area contributed by atoms with Gasteiger partial charge in [-0.1, -0.05) is 35.9 Å². The first-order valence-corrected chi connectivity index (χ1v) is 8.58. The van der Waals surface area contributed by atoms with E-state index in [9.17, 15) is 0 Å². The molecule has 1 aliphatic heterocycles. The van der Waals surface area contributed by atoms with Crippen LogP contribution in [0.2, 0.25) is 5.02 Å². The Morgan fingerprint density at radius 2 is 1.88 bits per heavy atom. The minimum atomic E-state index is 0.0522. The fourth-order valence-electron chi connectivity index (χ4n) is 3.02. The zero-order valence-corrected chi connectivity index (χ0v) is 14.5. The molecule has 0 saturated heterocycles. The van der Waals surface area contributed by atoms with E-state index in [0.717, 1.165) is 29.0 Å². The molecule has 4 rings (SSSR count). The molecule has 0 saturated carbocycles. The molecular formula is C19H17ClN4O. The van der Waals surface area contributed by atoms with Crippen LogP contribution in [0.1, 0.15) is 30.5 Å². The van der Waals surface area contributed by atoms with Crippen LogP contribution >= 0.6 is 11.6 Å². The molecule has 2 aromatic carbocycles. The molecule has 6 heteroatoms. The lowest BCUT2D eigenvalue weighted by Crippen LogP contribution is -2.21. The fraction of sp³-hybridized carbons (Fsp3) is 0.211. The summed E-state index contributed by atoms with van der Waals surface area (Å²) in [5, 5.41) is 5.08. The largest absolute Gasteiger partial charge is 0.494 e. The summed E-state index contributed by atoms with van der Waals surface area (Å²) in [6.45, 7) is 2.63. The van der Waals surface area contributed by atoms with E-state index < -0.39 is 0 Å². The Bertz CT molecular complexity index is 900. The van der Waals surface area contributed by atoms with Gasteiger partial charge in [0.2, 0.25) is 5.95 Å². The number of hydrogen-bond acceptors (Lipinski definition) is 4. The summed E-state index contributed by atoms with van der Waals surface area (Å²) in [5.74, 6) is 1.49. The molecule has 5 nitrogen and oxygen atoms in total. The second-order valence-electron chi connectivity index (χ2n) is 5.79. The van der Waals surface area contributed by atoms with E-state index >= 15 is 0 Å². The van der Waals surface area contributed by atoms with Crippen molar-refractivity contribution in [3.8, 4) is 5.75 Å². The van der Waals surface area contributed by atoms with Gasteiger partial charge in [-0.15, -0.1) is 0 Å². The summed E-state index contributed by atoms with van der Waals surface area (Å²) in [6.07, 6.45) is 2.29. The average molecular weight is 353 g/mol. The van der Waals surface area contributed by atoms with E-state index in [1.165, 1.54) is 0 Å². The Morgan fingerprint density at radius 1 is 1.12 bits per heavy atom. The van der Waals surface area contributed by atoms with Crippen molar-refractivity contribution >= 4 is 23.3 Å². The van der Waals surface area contributed by atoms with Crippen LogP contribution in [0.25, 0.3) is 0 Å². The van der Waals surface area contributed by atoms with E-state index in [4.69, 9.17) is 16.3 Å². The van der Waals surface area contributed by atoms with Crippen LogP contribution in [-0.2, 0) is 0 Å². The van der Waals surface area contributed by atoms with Crippen molar-refractivity contribution in [2.75, 3.05) is 6.61 Å². The molecule has 1 unspecified atom stereocenters. The van der Waals surface area contributed by atoms with Crippen molar-refractivity contribution < 1.29 is 4.74 Å². The molecule has 0 N–H and O–H groups in total. The van der Waals surface area contributed by atoms with Gasteiger partial charge in [-0.3, -0.25) is 0 Å². The Balaban J connectivity index is 1.69. The Labute approximate surface area is 151 Å². The molecule has 126 valence electrons. The molecule has 3 aromatic rings. The van der Waals surface area contributed by atoms with Gasteiger partial charge in [0.1, 0.15) is 12.1 Å². The van der Waals surface area contributed by atoms with Gasteiger partial charge in [0, 0.05) is 11.4 Å². The van der Waals surface area contributed by atoms with Gasteiger partial charge in [0.15, 0.2) is 0 Å². The van der Waals surface area contributed by atoms with Crippen LogP contribution in [0.3, 0.4) is 0 Å². The number of benzene rings is 2. The molecule has 0 aliphatic carbocycles. The first-order valence-electron chi connectivity index (χ1n) is 8.20. The predicted molar refractivity (Wildman–Crippen MR) is 98.0 cm³/mol. The quantitative estimate of drug-likeness (QED) is 0.697. The Kier molecular flexibility index (Phi) is 4.24. The number of hydrogen-bond donors (Lipinski definition) is 0. The van der Waals surface area contributed by atoms with Gasteiger partial charge in [-0.2, -0.15) is 10.1 Å². The highest BCUT2D eigenvalue weighted by Crippen LogP contribution is 2.33. The van der Waals surface area contributed by atoms with Crippen LogP contribution < -0.4 is 4.74 Å². The highest BCUT2D eigenvalue weighted by Gasteiger charge is 2.26. The summed E-state index contributed by atoms with van der Waals surface area (Å²) < 4.78 is 7.40. The maximum atomic E-state index is 6.00. The minimum Gasteiger partial charge on any atom is -0.494 e. The molecule has 0 radical (unpaired) electrons. The number of aromatic nitrogens is 3.